The molecule has 0 saturated carbocycles. The van der Waals surface area contributed by atoms with Crippen molar-refractivity contribution in [2.45, 2.75) is 6.92 Å². The lowest BCUT2D eigenvalue weighted by Crippen LogP contribution is -1.92. The summed E-state index contributed by atoms with van der Waals surface area (Å²) < 4.78 is 19.0. The average Bonchev–Trinajstić information content (AvgIpc) is 2.31. The molecule has 2 rings (SSSR count). The maximum absolute atomic E-state index is 13.7. The lowest BCUT2D eigenvalue weighted by atomic mass is 10.0. The number of rotatable bonds is 3. The van der Waals surface area contributed by atoms with Crippen molar-refractivity contribution < 1.29 is 14.2 Å². The molecule has 0 bridgehead atoms. The van der Waals surface area contributed by atoms with Crippen molar-refractivity contribution in [3.05, 3.63) is 47.2 Å². The minimum Gasteiger partial charge on any atom is -0.508 e. The number of aromatic hydroxyl groups is 1. The molecule has 18 heavy (non-hydrogen) atoms. The SMILES string of the molecule is CCOc1ccc(-c2ccc(O)cc2F)c(Cl)c1. The van der Waals surface area contributed by atoms with Gasteiger partial charge in [0.1, 0.15) is 17.3 Å². The molecule has 2 aromatic carbocycles. The Labute approximate surface area is 110 Å². The Hall–Kier alpha value is -1.74. The first-order valence-electron chi connectivity index (χ1n) is 5.53. The molecule has 2 aromatic rings. The normalized spacial score (nSPS) is 10.4. The Morgan fingerprint density at radius 2 is 1.89 bits per heavy atom. The summed E-state index contributed by atoms with van der Waals surface area (Å²) in [7, 11) is 0. The second-order valence-corrected chi connectivity index (χ2v) is 4.15. The number of phenols is 1. The van der Waals surface area contributed by atoms with Crippen molar-refractivity contribution in [3.8, 4) is 22.6 Å². The molecule has 4 heteroatoms. The fraction of sp³-hybridized carbons (Fsp3) is 0.143. The maximum atomic E-state index is 13.7. The molecule has 0 aliphatic carbocycles. The van der Waals surface area contributed by atoms with Gasteiger partial charge in [-0.05, 0) is 37.3 Å². The van der Waals surface area contributed by atoms with Gasteiger partial charge in [0, 0.05) is 17.2 Å². The van der Waals surface area contributed by atoms with Gasteiger partial charge in [-0.1, -0.05) is 11.6 Å². The van der Waals surface area contributed by atoms with Crippen molar-refractivity contribution in [1.29, 1.82) is 0 Å². The van der Waals surface area contributed by atoms with E-state index in [1.807, 2.05) is 6.92 Å². The monoisotopic (exact) mass is 266 g/mol. The Balaban J connectivity index is 2.44. The third-order valence-electron chi connectivity index (χ3n) is 2.49. The van der Waals surface area contributed by atoms with E-state index in [0.29, 0.717) is 28.5 Å². The molecule has 0 aliphatic heterocycles. The van der Waals surface area contributed by atoms with E-state index in [-0.39, 0.29) is 5.75 Å². The van der Waals surface area contributed by atoms with Crippen LogP contribution in [-0.2, 0) is 0 Å². The van der Waals surface area contributed by atoms with Crippen LogP contribution in [0.4, 0.5) is 4.39 Å². The highest BCUT2D eigenvalue weighted by atomic mass is 35.5. The van der Waals surface area contributed by atoms with Gasteiger partial charge in [-0.3, -0.25) is 0 Å². The molecule has 0 radical (unpaired) electrons. The van der Waals surface area contributed by atoms with Gasteiger partial charge < -0.3 is 9.84 Å². The molecule has 0 atom stereocenters. The summed E-state index contributed by atoms with van der Waals surface area (Å²) in [6.45, 7) is 2.42. The van der Waals surface area contributed by atoms with Gasteiger partial charge >= 0.3 is 0 Å². The largest absolute Gasteiger partial charge is 0.508 e. The van der Waals surface area contributed by atoms with Gasteiger partial charge in [0.25, 0.3) is 0 Å². The van der Waals surface area contributed by atoms with Crippen LogP contribution >= 0.6 is 11.6 Å². The predicted molar refractivity (Wildman–Crippen MR) is 69.7 cm³/mol. The van der Waals surface area contributed by atoms with Gasteiger partial charge in [-0.15, -0.1) is 0 Å². The fourth-order valence-corrected chi connectivity index (χ4v) is 1.97. The number of ether oxygens (including phenoxy) is 1. The topological polar surface area (TPSA) is 29.5 Å². The molecule has 0 fully saturated rings. The van der Waals surface area contributed by atoms with Gasteiger partial charge in [-0.25, -0.2) is 4.39 Å². The van der Waals surface area contributed by atoms with Gasteiger partial charge in [0.2, 0.25) is 0 Å². The highest BCUT2D eigenvalue weighted by molar-refractivity contribution is 6.33. The number of phenolic OH excluding ortho intramolecular Hbond substituents is 1. The first-order valence-corrected chi connectivity index (χ1v) is 5.91. The molecule has 0 aromatic heterocycles. The molecule has 94 valence electrons. The summed E-state index contributed by atoms with van der Waals surface area (Å²) in [5.74, 6) is 0.0183. The summed E-state index contributed by atoms with van der Waals surface area (Å²) in [6.07, 6.45) is 0. The van der Waals surface area contributed by atoms with Crippen LogP contribution in [0.3, 0.4) is 0 Å². The van der Waals surface area contributed by atoms with Crippen LogP contribution in [0.15, 0.2) is 36.4 Å². The van der Waals surface area contributed by atoms with Crippen molar-refractivity contribution in [2.24, 2.45) is 0 Å². The van der Waals surface area contributed by atoms with Gasteiger partial charge in [0.05, 0.1) is 11.6 Å². The third-order valence-corrected chi connectivity index (χ3v) is 2.81. The third kappa shape index (κ3) is 2.57. The molecule has 0 heterocycles. The number of hydrogen-bond acceptors (Lipinski definition) is 2. The molecule has 0 aliphatic rings. The Kier molecular flexibility index (Phi) is 3.72. The van der Waals surface area contributed by atoms with E-state index in [0.717, 1.165) is 6.07 Å². The molecule has 0 saturated heterocycles. The standard InChI is InChI=1S/C14H12ClFO2/c1-2-18-10-4-6-11(13(15)8-10)12-5-3-9(17)7-14(12)16/h3-8,17H,2H2,1H3. The first kappa shape index (κ1) is 12.7. The molecule has 0 unspecified atom stereocenters. The minimum atomic E-state index is -0.513. The van der Waals surface area contributed by atoms with Crippen molar-refractivity contribution >= 4 is 11.6 Å². The zero-order chi connectivity index (χ0) is 13.1. The van der Waals surface area contributed by atoms with Crippen LogP contribution in [0.1, 0.15) is 6.92 Å². The van der Waals surface area contributed by atoms with E-state index in [9.17, 15) is 9.50 Å². The number of hydrogen-bond donors (Lipinski definition) is 1. The quantitative estimate of drug-likeness (QED) is 0.900. The summed E-state index contributed by atoms with van der Waals surface area (Å²) in [5.41, 5.74) is 0.915. The zero-order valence-electron chi connectivity index (χ0n) is 9.78. The number of halogens is 2. The van der Waals surface area contributed by atoms with Crippen LogP contribution in [-0.4, -0.2) is 11.7 Å². The summed E-state index contributed by atoms with van der Waals surface area (Å²) >= 11 is 6.10. The van der Waals surface area contributed by atoms with E-state index in [1.54, 1.807) is 18.2 Å². The lowest BCUT2D eigenvalue weighted by Gasteiger charge is -2.09. The van der Waals surface area contributed by atoms with Gasteiger partial charge in [0.15, 0.2) is 0 Å². The summed E-state index contributed by atoms with van der Waals surface area (Å²) in [4.78, 5) is 0. The van der Waals surface area contributed by atoms with Crippen molar-refractivity contribution in [3.63, 3.8) is 0 Å². The Morgan fingerprint density at radius 1 is 1.17 bits per heavy atom. The van der Waals surface area contributed by atoms with Crippen molar-refractivity contribution in [2.75, 3.05) is 6.61 Å². The summed E-state index contributed by atoms with van der Waals surface area (Å²) in [5, 5.41) is 9.58. The zero-order valence-corrected chi connectivity index (χ0v) is 10.5. The Morgan fingerprint density at radius 3 is 2.50 bits per heavy atom. The van der Waals surface area contributed by atoms with Crippen LogP contribution in [0.2, 0.25) is 5.02 Å². The second kappa shape index (κ2) is 5.27. The average molecular weight is 267 g/mol. The molecule has 1 N–H and O–H groups in total. The summed E-state index contributed by atoms with van der Waals surface area (Å²) in [6, 6.07) is 9.05. The van der Waals surface area contributed by atoms with Crippen LogP contribution in [0, 0.1) is 5.82 Å². The van der Waals surface area contributed by atoms with Crippen LogP contribution in [0.25, 0.3) is 11.1 Å². The molecular formula is C14H12ClFO2. The van der Waals surface area contributed by atoms with Crippen LogP contribution in [0.5, 0.6) is 11.5 Å². The molecule has 0 amide bonds. The first-order chi connectivity index (χ1) is 8.61. The minimum absolute atomic E-state index is 0.113. The van der Waals surface area contributed by atoms with E-state index in [4.69, 9.17) is 16.3 Å². The smallest absolute Gasteiger partial charge is 0.134 e. The van der Waals surface area contributed by atoms with E-state index in [2.05, 4.69) is 0 Å². The molecule has 2 nitrogen and oxygen atoms in total. The molecular weight excluding hydrogens is 255 g/mol. The highest BCUT2D eigenvalue weighted by Gasteiger charge is 2.10. The van der Waals surface area contributed by atoms with Crippen LogP contribution < -0.4 is 4.74 Å². The van der Waals surface area contributed by atoms with Crippen molar-refractivity contribution in [1.82, 2.24) is 0 Å². The highest BCUT2D eigenvalue weighted by Crippen LogP contribution is 2.33. The van der Waals surface area contributed by atoms with E-state index < -0.39 is 5.82 Å². The lowest BCUT2D eigenvalue weighted by molar-refractivity contribution is 0.340. The predicted octanol–water partition coefficient (Wildman–Crippen LogP) is 4.25. The van der Waals surface area contributed by atoms with Gasteiger partial charge in [-0.2, -0.15) is 0 Å². The van der Waals surface area contributed by atoms with E-state index >= 15 is 0 Å². The fourth-order valence-electron chi connectivity index (χ4n) is 1.69. The Bertz CT molecular complexity index is 570. The molecule has 0 spiro atoms. The maximum Gasteiger partial charge on any atom is 0.134 e. The van der Waals surface area contributed by atoms with E-state index in [1.165, 1.54) is 12.1 Å². The second-order valence-electron chi connectivity index (χ2n) is 3.74. The number of benzene rings is 2.